The van der Waals surface area contributed by atoms with E-state index in [1.54, 1.807) is 0 Å². The Morgan fingerprint density at radius 1 is 1.45 bits per heavy atom. The molecule has 0 saturated carbocycles. The number of rotatable bonds is 3. The van der Waals surface area contributed by atoms with Crippen molar-refractivity contribution in [1.29, 1.82) is 0 Å². The van der Waals surface area contributed by atoms with Gasteiger partial charge in [0.15, 0.2) is 0 Å². The fraction of sp³-hybridized carbons (Fsp3) is 0.467. The number of amides is 2. The van der Waals surface area contributed by atoms with Crippen molar-refractivity contribution in [1.82, 2.24) is 4.90 Å². The number of carbonyl (C=O) groups is 2. The minimum absolute atomic E-state index is 0.0939. The largest absolute Gasteiger partial charge is 0.497 e. The first kappa shape index (κ1) is 14.5. The van der Waals surface area contributed by atoms with Crippen molar-refractivity contribution < 1.29 is 18.7 Å². The van der Waals surface area contributed by atoms with Crippen LogP contribution < -0.4 is 4.74 Å². The molecule has 0 aromatic heterocycles. The molecule has 0 radical (unpaired) electrons. The summed E-state index contributed by atoms with van der Waals surface area (Å²) >= 11 is 0. The molecule has 20 heavy (non-hydrogen) atoms. The minimum Gasteiger partial charge on any atom is -0.497 e. The van der Waals surface area contributed by atoms with Gasteiger partial charge in [-0.1, -0.05) is 13.8 Å². The molecule has 0 N–H and O–H groups in total. The highest BCUT2D eigenvalue weighted by molar-refractivity contribution is 6.05. The van der Waals surface area contributed by atoms with Gasteiger partial charge < -0.3 is 4.74 Å². The number of imide groups is 1. The van der Waals surface area contributed by atoms with Crippen LogP contribution in [-0.2, 0) is 4.79 Å². The predicted octanol–water partition coefficient (Wildman–Crippen LogP) is 2.48. The standard InChI is InChI=1S/C15H18FNO3/c1-9(2)10-6-14(18)17(8-10)15(19)12-5-4-11(20-3)7-13(12)16/h4-5,7,9-10H,6,8H2,1-3H3. The van der Waals surface area contributed by atoms with Crippen LogP contribution in [0.3, 0.4) is 0 Å². The van der Waals surface area contributed by atoms with Crippen molar-refractivity contribution >= 4 is 11.8 Å². The van der Waals surface area contributed by atoms with Gasteiger partial charge in [-0.15, -0.1) is 0 Å². The van der Waals surface area contributed by atoms with Crippen molar-refractivity contribution in [3.05, 3.63) is 29.6 Å². The van der Waals surface area contributed by atoms with E-state index >= 15 is 0 Å². The number of halogens is 1. The topological polar surface area (TPSA) is 46.6 Å². The molecule has 108 valence electrons. The zero-order valence-corrected chi connectivity index (χ0v) is 11.9. The third kappa shape index (κ3) is 2.66. The SMILES string of the molecule is COc1ccc(C(=O)N2CC(C(C)C)CC2=O)c(F)c1. The molecule has 5 heteroatoms. The Kier molecular flexibility index (Phi) is 4.06. The maximum Gasteiger partial charge on any atom is 0.263 e. The Morgan fingerprint density at radius 2 is 2.15 bits per heavy atom. The van der Waals surface area contributed by atoms with E-state index in [1.165, 1.54) is 19.2 Å². The van der Waals surface area contributed by atoms with Crippen LogP contribution in [0.4, 0.5) is 4.39 Å². The van der Waals surface area contributed by atoms with Crippen molar-refractivity contribution in [3.63, 3.8) is 0 Å². The smallest absolute Gasteiger partial charge is 0.263 e. The number of ether oxygens (including phenoxy) is 1. The quantitative estimate of drug-likeness (QED) is 0.799. The molecule has 1 aromatic carbocycles. The van der Waals surface area contributed by atoms with Crippen molar-refractivity contribution in [2.45, 2.75) is 20.3 Å². The fourth-order valence-corrected chi connectivity index (χ4v) is 2.32. The number of hydrogen-bond acceptors (Lipinski definition) is 3. The van der Waals surface area contributed by atoms with Gasteiger partial charge in [0.05, 0.1) is 12.7 Å². The van der Waals surface area contributed by atoms with E-state index in [4.69, 9.17) is 4.74 Å². The lowest BCUT2D eigenvalue weighted by molar-refractivity contribution is -0.125. The monoisotopic (exact) mass is 279 g/mol. The molecule has 1 aliphatic heterocycles. The van der Waals surface area contributed by atoms with Gasteiger partial charge in [-0.2, -0.15) is 0 Å². The average molecular weight is 279 g/mol. The zero-order chi connectivity index (χ0) is 14.9. The van der Waals surface area contributed by atoms with Crippen LogP contribution >= 0.6 is 0 Å². The van der Waals surface area contributed by atoms with Gasteiger partial charge in [0.25, 0.3) is 5.91 Å². The second kappa shape index (κ2) is 5.61. The Hall–Kier alpha value is -1.91. The molecule has 1 saturated heterocycles. The van der Waals surface area contributed by atoms with E-state index in [9.17, 15) is 14.0 Å². The number of carbonyl (C=O) groups excluding carboxylic acids is 2. The second-order valence-electron chi connectivity index (χ2n) is 5.36. The summed E-state index contributed by atoms with van der Waals surface area (Å²) in [6, 6.07) is 4.01. The first-order chi connectivity index (χ1) is 9.43. The molecule has 1 unspecified atom stereocenters. The van der Waals surface area contributed by atoms with Gasteiger partial charge in [-0.05, 0) is 24.0 Å². The van der Waals surface area contributed by atoms with Crippen LogP contribution in [-0.4, -0.2) is 30.4 Å². The first-order valence-corrected chi connectivity index (χ1v) is 6.62. The van der Waals surface area contributed by atoms with Crippen LogP contribution in [0.15, 0.2) is 18.2 Å². The Bertz CT molecular complexity index is 542. The molecule has 1 heterocycles. The molecule has 2 amide bonds. The van der Waals surface area contributed by atoms with Gasteiger partial charge in [0, 0.05) is 19.0 Å². The van der Waals surface area contributed by atoms with E-state index in [2.05, 4.69) is 0 Å². The van der Waals surface area contributed by atoms with Crippen molar-refractivity contribution in [2.24, 2.45) is 11.8 Å². The predicted molar refractivity (Wildman–Crippen MR) is 71.9 cm³/mol. The minimum atomic E-state index is -0.671. The molecular formula is C15H18FNO3. The Balaban J connectivity index is 2.22. The molecule has 1 fully saturated rings. The van der Waals surface area contributed by atoms with E-state index in [0.29, 0.717) is 24.6 Å². The van der Waals surface area contributed by atoms with Gasteiger partial charge in [0.1, 0.15) is 11.6 Å². The molecule has 0 bridgehead atoms. The number of methoxy groups -OCH3 is 1. The molecule has 0 aliphatic carbocycles. The summed E-state index contributed by atoms with van der Waals surface area (Å²) in [7, 11) is 1.42. The number of nitrogens with zero attached hydrogens (tertiary/aromatic N) is 1. The van der Waals surface area contributed by atoms with Gasteiger partial charge in [-0.3, -0.25) is 14.5 Å². The summed E-state index contributed by atoms with van der Waals surface area (Å²) < 4.78 is 18.8. The summed E-state index contributed by atoms with van der Waals surface area (Å²) in [6.07, 6.45) is 0.348. The third-order valence-corrected chi connectivity index (χ3v) is 3.75. The normalized spacial score (nSPS) is 18.8. The summed E-state index contributed by atoms with van der Waals surface area (Å²) in [5.74, 6) is -0.672. The molecular weight excluding hydrogens is 261 g/mol. The van der Waals surface area contributed by atoms with Gasteiger partial charge >= 0.3 is 0 Å². The van der Waals surface area contributed by atoms with E-state index in [-0.39, 0.29) is 17.4 Å². The summed E-state index contributed by atoms with van der Waals surface area (Å²) in [5.41, 5.74) is -0.0939. The lowest BCUT2D eigenvalue weighted by Gasteiger charge is -2.17. The second-order valence-corrected chi connectivity index (χ2v) is 5.36. The highest BCUT2D eigenvalue weighted by Gasteiger charge is 2.36. The van der Waals surface area contributed by atoms with E-state index in [1.807, 2.05) is 13.8 Å². The average Bonchev–Trinajstić information content (AvgIpc) is 2.80. The van der Waals surface area contributed by atoms with E-state index < -0.39 is 11.7 Å². The van der Waals surface area contributed by atoms with Crippen LogP contribution in [0.25, 0.3) is 0 Å². The Labute approximate surface area is 117 Å². The van der Waals surface area contributed by atoms with Crippen LogP contribution in [0.5, 0.6) is 5.75 Å². The van der Waals surface area contributed by atoms with Crippen molar-refractivity contribution in [3.8, 4) is 5.75 Å². The molecule has 1 aromatic rings. The highest BCUT2D eigenvalue weighted by atomic mass is 19.1. The fourth-order valence-electron chi connectivity index (χ4n) is 2.32. The lowest BCUT2D eigenvalue weighted by Crippen LogP contribution is -2.33. The molecule has 1 atom stereocenters. The lowest BCUT2D eigenvalue weighted by atomic mass is 9.95. The summed E-state index contributed by atoms with van der Waals surface area (Å²) in [4.78, 5) is 25.3. The van der Waals surface area contributed by atoms with Crippen LogP contribution in [0.1, 0.15) is 30.6 Å². The summed E-state index contributed by atoms with van der Waals surface area (Å²) in [6.45, 7) is 4.39. The van der Waals surface area contributed by atoms with Crippen LogP contribution in [0.2, 0.25) is 0 Å². The van der Waals surface area contributed by atoms with Gasteiger partial charge in [0.2, 0.25) is 5.91 Å². The molecule has 0 spiro atoms. The zero-order valence-electron chi connectivity index (χ0n) is 11.9. The molecule has 2 rings (SSSR count). The summed E-state index contributed by atoms with van der Waals surface area (Å²) in [5, 5.41) is 0. The van der Waals surface area contributed by atoms with Crippen LogP contribution in [0, 0.1) is 17.7 Å². The Morgan fingerprint density at radius 3 is 2.65 bits per heavy atom. The molecule has 1 aliphatic rings. The van der Waals surface area contributed by atoms with Crippen molar-refractivity contribution in [2.75, 3.05) is 13.7 Å². The number of likely N-dealkylation sites (tertiary alicyclic amines) is 1. The maximum atomic E-state index is 13.9. The highest BCUT2D eigenvalue weighted by Crippen LogP contribution is 2.27. The van der Waals surface area contributed by atoms with E-state index in [0.717, 1.165) is 11.0 Å². The number of benzene rings is 1. The first-order valence-electron chi connectivity index (χ1n) is 6.62. The molecule has 4 nitrogen and oxygen atoms in total. The number of hydrogen-bond donors (Lipinski definition) is 0. The third-order valence-electron chi connectivity index (χ3n) is 3.75. The van der Waals surface area contributed by atoms with Gasteiger partial charge in [-0.25, -0.2) is 4.39 Å². The maximum absolute atomic E-state index is 13.9.